The zero-order chi connectivity index (χ0) is 17.1. The van der Waals surface area contributed by atoms with Gasteiger partial charge < -0.3 is 5.32 Å². The van der Waals surface area contributed by atoms with E-state index in [9.17, 15) is 14.0 Å². The first-order valence-corrected chi connectivity index (χ1v) is 8.05. The number of aryl methyl sites for hydroxylation is 1. The summed E-state index contributed by atoms with van der Waals surface area (Å²) in [4.78, 5) is 32.0. The van der Waals surface area contributed by atoms with E-state index in [2.05, 4.69) is 15.3 Å². The lowest BCUT2D eigenvalue weighted by molar-refractivity contribution is -0.113. The number of hydrogen-bond donors (Lipinski definition) is 1. The molecule has 0 aliphatic heterocycles. The highest BCUT2D eigenvalue weighted by molar-refractivity contribution is 7.99. The SMILES string of the molecule is Cc1ccn2c(=O)nc(SCC(=O)Nc3ccc(F)cc3)nc2c1. The largest absolute Gasteiger partial charge is 0.355 e. The minimum Gasteiger partial charge on any atom is -0.325 e. The summed E-state index contributed by atoms with van der Waals surface area (Å²) in [6, 6.07) is 9.03. The molecule has 122 valence electrons. The van der Waals surface area contributed by atoms with Crippen LogP contribution in [0.25, 0.3) is 5.65 Å². The van der Waals surface area contributed by atoms with Crippen LogP contribution in [0.15, 0.2) is 52.5 Å². The monoisotopic (exact) mass is 344 g/mol. The number of benzene rings is 1. The average Bonchev–Trinajstić information content (AvgIpc) is 2.55. The van der Waals surface area contributed by atoms with Gasteiger partial charge in [0.25, 0.3) is 0 Å². The van der Waals surface area contributed by atoms with E-state index in [1.165, 1.54) is 28.7 Å². The average molecular weight is 344 g/mol. The van der Waals surface area contributed by atoms with Gasteiger partial charge in [0, 0.05) is 11.9 Å². The van der Waals surface area contributed by atoms with Gasteiger partial charge in [0.05, 0.1) is 5.75 Å². The van der Waals surface area contributed by atoms with Crippen molar-refractivity contribution in [2.24, 2.45) is 0 Å². The Hall–Kier alpha value is -2.74. The molecular formula is C16H13FN4O2S. The van der Waals surface area contributed by atoms with Crippen molar-refractivity contribution >= 4 is 29.0 Å². The van der Waals surface area contributed by atoms with Crippen LogP contribution in [0.5, 0.6) is 0 Å². The molecule has 24 heavy (non-hydrogen) atoms. The second-order valence-corrected chi connectivity index (χ2v) is 6.01. The topological polar surface area (TPSA) is 76.4 Å². The van der Waals surface area contributed by atoms with E-state index in [0.717, 1.165) is 17.3 Å². The maximum absolute atomic E-state index is 12.8. The molecule has 8 heteroatoms. The predicted octanol–water partition coefficient (Wildman–Crippen LogP) is 2.27. The van der Waals surface area contributed by atoms with E-state index < -0.39 is 5.69 Å². The Morgan fingerprint density at radius 2 is 2.00 bits per heavy atom. The fraction of sp³-hybridized carbons (Fsp3) is 0.125. The van der Waals surface area contributed by atoms with Crippen LogP contribution in [0.4, 0.5) is 10.1 Å². The smallest absolute Gasteiger partial charge is 0.325 e. The Balaban J connectivity index is 1.70. The summed E-state index contributed by atoms with van der Waals surface area (Å²) in [5, 5.41) is 2.87. The molecule has 2 aromatic heterocycles. The summed E-state index contributed by atoms with van der Waals surface area (Å²) in [6.45, 7) is 1.90. The van der Waals surface area contributed by atoms with E-state index in [4.69, 9.17) is 0 Å². The van der Waals surface area contributed by atoms with Crippen LogP contribution in [-0.2, 0) is 4.79 Å². The number of nitrogens with one attached hydrogen (secondary N) is 1. The fourth-order valence-corrected chi connectivity index (χ4v) is 2.65. The molecule has 0 bridgehead atoms. The summed E-state index contributed by atoms with van der Waals surface area (Å²) < 4.78 is 14.2. The summed E-state index contributed by atoms with van der Waals surface area (Å²) >= 11 is 1.06. The zero-order valence-electron chi connectivity index (χ0n) is 12.7. The third-order valence-corrected chi connectivity index (χ3v) is 4.01. The molecule has 1 aromatic carbocycles. The van der Waals surface area contributed by atoms with Crippen molar-refractivity contribution in [3.05, 3.63) is 64.5 Å². The normalized spacial score (nSPS) is 10.8. The number of aromatic nitrogens is 3. The number of pyridine rings is 1. The van der Waals surface area contributed by atoms with E-state index >= 15 is 0 Å². The number of fused-ring (bicyclic) bond motifs is 1. The van der Waals surface area contributed by atoms with E-state index in [1.807, 2.05) is 6.92 Å². The van der Waals surface area contributed by atoms with Crippen molar-refractivity contribution in [2.45, 2.75) is 12.1 Å². The number of rotatable bonds is 4. The highest BCUT2D eigenvalue weighted by atomic mass is 32.2. The highest BCUT2D eigenvalue weighted by Crippen LogP contribution is 2.14. The Kier molecular flexibility index (Phi) is 4.57. The summed E-state index contributed by atoms with van der Waals surface area (Å²) in [7, 11) is 0. The molecule has 0 atom stereocenters. The van der Waals surface area contributed by atoms with E-state index in [1.54, 1.807) is 18.3 Å². The minimum atomic E-state index is -0.443. The first-order valence-electron chi connectivity index (χ1n) is 7.06. The lowest BCUT2D eigenvalue weighted by atomic mass is 10.3. The molecule has 0 aliphatic carbocycles. The van der Waals surface area contributed by atoms with E-state index in [-0.39, 0.29) is 22.6 Å². The molecular weight excluding hydrogens is 331 g/mol. The van der Waals surface area contributed by atoms with E-state index in [0.29, 0.717) is 11.3 Å². The van der Waals surface area contributed by atoms with Crippen LogP contribution >= 0.6 is 11.8 Å². The van der Waals surface area contributed by atoms with Gasteiger partial charge in [0.1, 0.15) is 11.5 Å². The maximum Gasteiger partial charge on any atom is 0.355 e. The van der Waals surface area contributed by atoms with Crippen molar-refractivity contribution < 1.29 is 9.18 Å². The molecule has 6 nitrogen and oxygen atoms in total. The number of carbonyl (C=O) groups excluding carboxylic acids is 1. The Bertz CT molecular complexity index is 956. The molecule has 0 radical (unpaired) electrons. The lowest BCUT2D eigenvalue weighted by Crippen LogP contribution is -2.20. The predicted molar refractivity (Wildman–Crippen MR) is 89.7 cm³/mol. The third-order valence-electron chi connectivity index (χ3n) is 3.16. The van der Waals surface area contributed by atoms with Gasteiger partial charge in [-0.25, -0.2) is 14.2 Å². The van der Waals surface area contributed by atoms with Gasteiger partial charge in [-0.15, -0.1) is 0 Å². The number of anilines is 1. The highest BCUT2D eigenvalue weighted by Gasteiger charge is 2.08. The molecule has 3 rings (SSSR count). The van der Waals surface area contributed by atoms with Crippen LogP contribution in [0, 0.1) is 12.7 Å². The van der Waals surface area contributed by atoms with Gasteiger partial charge in [-0.3, -0.25) is 9.20 Å². The molecule has 0 spiro atoms. The van der Waals surface area contributed by atoms with Gasteiger partial charge in [0.15, 0.2) is 5.16 Å². The van der Waals surface area contributed by atoms with Crippen LogP contribution in [0.2, 0.25) is 0 Å². The maximum atomic E-state index is 12.8. The van der Waals surface area contributed by atoms with Gasteiger partial charge in [0.2, 0.25) is 5.91 Å². The quantitative estimate of drug-likeness (QED) is 0.735. The molecule has 0 aliphatic rings. The Morgan fingerprint density at radius 1 is 1.25 bits per heavy atom. The number of nitrogens with zero attached hydrogens (tertiary/aromatic N) is 3. The molecule has 1 amide bonds. The molecule has 0 unspecified atom stereocenters. The van der Waals surface area contributed by atoms with Crippen LogP contribution in [0.1, 0.15) is 5.56 Å². The van der Waals surface area contributed by atoms with Crippen LogP contribution < -0.4 is 11.0 Å². The second-order valence-electron chi connectivity index (χ2n) is 5.06. The number of halogens is 1. The van der Waals surface area contributed by atoms with Crippen molar-refractivity contribution in [3.8, 4) is 0 Å². The standard InChI is InChI=1S/C16H13FN4O2S/c1-10-6-7-21-13(8-10)19-15(20-16(21)23)24-9-14(22)18-12-4-2-11(17)3-5-12/h2-8H,9H2,1H3,(H,18,22). The number of hydrogen-bond acceptors (Lipinski definition) is 5. The van der Waals surface area contributed by atoms with Gasteiger partial charge in [-0.1, -0.05) is 11.8 Å². The molecule has 2 heterocycles. The lowest BCUT2D eigenvalue weighted by Gasteiger charge is -2.05. The second kappa shape index (κ2) is 6.79. The van der Waals surface area contributed by atoms with Crippen LogP contribution in [-0.4, -0.2) is 26.0 Å². The van der Waals surface area contributed by atoms with Crippen LogP contribution in [0.3, 0.4) is 0 Å². The van der Waals surface area contributed by atoms with Gasteiger partial charge in [-0.2, -0.15) is 4.98 Å². The van der Waals surface area contributed by atoms with Crippen molar-refractivity contribution in [2.75, 3.05) is 11.1 Å². The summed E-state index contributed by atoms with van der Waals surface area (Å²) in [5.74, 6) is -0.624. The fourth-order valence-electron chi connectivity index (χ4n) is 2.02. The van der Waals surface area contributed by atoms with Crippen molar-refractivity contribution in [3.63, 3.8) is 0 Å². The Labute approximate surface area is 140 Å². The number of amides is 1. The van der Waals surface area contributed by atoms with Crippen molar-refractivity contribution in [1.82, 2.24) is 14.4 Å². The molecule has 0 saturated carbocycles. The Morgan fingerprint density at radius 3 is 2.75 bits per heavy atom. The third kappa shape index (κ3) is 3.77. The molecule has 0 fully saturated rings. The minimum absolute atomic E-state index is 0.0405. The summed E-state index contributed by atoms with van der Waals surface area (Å²) in [6.07, 6.45) is 1.61. The zero-order valence-corrected chi connectivity index (χ0v) is 13.5. The summed E-state index contributed by atoms with van der Waals surface area (Å²) in [5.41, 5.74) is 1.51. The number of thioether (sulfide) groups is 1. The molecule has 0 saturated heterocycles. The first kappa shape index (κ1) is 16.1. The van der Waals surface area contributed by atoms with Crippen molar-refractivity contribution in [1.29, 1.82) is 0 Å². The first-order chi connectivity index (χ1) is 11.5. The molecule has 3 aromatic rings. The number of carbonyl (C=O) groups is 1. The molecule has 1 N–H and O–H groups in total. The van der Waals surface area contributed by atoms with Gasteiger partial charge >= 0.3 is 5.69 Å². The van der Waals surface area contributed by atoms with Gasteiger partial charge in [-0.05, 0) is 48.9 Å².